The maximum Gasteiger partial charge on any atom is 0.242 e. The zero-order valence-corrected chi connectivity index (χ0v) is 19.6. The van der Waals surface area contributed by atoms with Gasteiger partial charge in [-0.2, -0.15) is 0 Å². The Morgan fingerprint density at radius 2 is 1.75 bits per heavy atom. The van der Waals surface area contributed by atoms with E-state index in [2.05, 4.69) is 5.32 Å². The second-order valence-electron chi connectivity index (χ2n) is 8.88. The Morgan fingerprint density at radius 3 is 2.44 bits per heavy atom. The molecule has 1 aliphatic rings. The minimum absolute atomic E-state index is 0.0187. The number of aryl methyl sites for hydroxylation is 2. The second kappa shape index (κ2) is 11.7. The van der Waals surface area contributed by atoms with E-state index in [1.54, 1.807) is 4.90 Å². The first-order valence-electron chi connectivity index (χ1n) is 11.8. The quantitative estimate of drug-likeness (QED) is 0.537. The van der Waals surface area contributed by atoms with Gasteiger partial charge in [0.2, 0.25) is 11.8 Å². The molecule has 1 aliphatic carbocycles. The summed E-state index contributed by atoms with van der Waals surface area (Å²) in [5.74, 6) is 0.730. The van der Waals surface area contributed by atoms with Crippen molar-refractivity contribution in [3.8, 4) is 5.75 Å². The van der Waals surface area contributed by atoms with Crippen LogP contribution < -0.4 is 10.1 Å². The molecular formula is C27H36N2O3. The summed E-state index contributed by atoms with van der Waals surface area (Å²) < 4.78 is 5.78. The Balaban J connectivity index is 1.60. The van der Waals surface area contributed by atoms with Crippen LogP contribution >= 0.6 is 0 Å². The average Bonchev–Trinajstić information content (AvgIpc) is 3.30. The van der Waals surface area contributed by atoms with Gasteiger partial charge in [0, 0.05) is 19.0 Å². The van der Waals surface area contributed by atoms with Gasteiger partial charge in [0.25, 0.3) is 0 Å². The number of nitrogens with zero attached hydrogens (tertiary/aromatic N) is 1. The molecule has 2 amide bonds. The average molecular weight is 437 g/mol. The number of carbonyl (C=O) groups excluding carboxylic acids is 2. The van der Waals surface area contributed by atoms with Gasteiger partial charge in [-0.05, 0) is 63.3 Å². The van der Waals surface area contributed by atoms with Crippen molar-refractivity contribution in [1.82, 2.24) is 10.2 Å². The highest BCUT2D eigenvalue weighted by Gasteiger charge is 2.28. The fourth-order valence-corrected chi connectivity index (χ4v) is 4.14. The molecule has 5 nitrogen and oxygen atoms in total. The first-order valence-corrected chi connectivity index (χ1v) is 11.8. The number of nitrogens with one attached hydrogen (secondary N) is 1. The van der Waals surface area contributed by atoms with Crippen LogP contribution in [0.15, 0.2) is 48.5 Å². The number of ether oxygens (including phenoxy) is 1. The molecule has 3 rings (SSSR count). The normalized spacial score (nSPS) is 14.7. The molecule has 1 N–H and O–H groups in total. The van der Waals surface area contributed by atoms with Gasteiger partial charge < -0.3 is 15.0 Å². The largest absolute Gasteiger partial charge is 0.494 e. The summed E-state index contributed by atoms with van der Waals surface area (Å²) in [6.07, 6.45) is 5.33. The Kier molecular flexibility index (Phi) is 8.72. The lowest BCUT2D eigenvalue weighted by Crippen LogP contribution is -2.49. The summed E-state index contributed by atoms with van der Waals surface area (Å²) in [7, 11) is 0. The molecular weight excluding hydrogens is 400 g/mol. The van der Waals surface area contributed by atoms with Crippen molar-refractivity contribution >= 4 is 11.8 Å². The van der Waals surface area contributed by atoms with Gasteiger partial charge in [-0.15, -0.1) is 0 Å². The lowest BCUT2D eigenvalue weighted by Gasteiger charge is -2.30. The van der Waals surface area contributed by atoms with Gasteiger partial charge in [0.05, 0.1) is 6.61 Å². The van der Waals surface area contributed by atoms with Crippen LogP contribution in [0.3, 0.4) is 0 Å². The Labute approximate surface area is 192 Å². The molecule has 2 aromatic carbocycles. The van der Waals surface area contributed by atoms with Crippen LogP contribution in [0.2, 0.25) is 0 Å². The van der Waals surface area contributed by atoms with E-state index < -0.39 is 6.04 Å². The number of carbonyl (C=O) groups is 2. The van der Waals surface area contributed by atoms with Crippen LogP contribution in [0.1, 0.15) is 62.1 Å². The molecule has 0 radical (unpaired) electrons. The predicted octanol–water partition coefficient (Wildman–Crippen LogP) is 4.94. The second-order valence-corrected chi connectivity index (χ2v) is 8.88. The highest BCUT2D eigenvalue weighted by molar-refractivity contribution is 5.87. The minimum Gasteiger partial charge on any atom is -0.494 e. The van der Waals surface area contributed by atoms with E-state index in [4.69, 9.17) is 4.74 Å². The van der Waals surface area contributed by atoms with Crippen molar-refractivity contribution in [2.75, 3.05) is 6.61 Å². The van der Waals surface area contributed by atoms with E-state index in [0.717, 1.165) is 42.6 Å². The van der Waals surface area contributed by atoms with Crippen molar-refractivity contribution in [2.45, 2.75) is 77.9 Å². The maximum atomic E-state index is 13.2. The van der Waals surface area contributed by atoms with Crippen LogP contribution in [0.5, 0.6) is 5.75 Å². The molecule has 0 spiro atoms. The standard InChI is InChI=1S/C27H36N2O3/c1-20-14-16-25(17-15-20)32-18-8-13-26(30)29(19-23-10-5-4-9-21(23)2)22(3)27(31)28-24-11-6-7-12-24/h4-5,9-10,14-17,22,24H,6-8,11-13,18-19H2,1-3H3,(H,28,31)/t22-/m0/s1. The third-order valence-electron chi connectivity index (χ3n) is 6.30. The Hall–Kier alpha value is -2.82. The van der Waals surface area contributed by atoms with Crippen LogP contribution in [0, 0.1) is 13.8 Å². The van der Waals surface area contributed by atoms with E-state index in [1.165, 1.54) is 5.56 Å². The van der Waals surface area contributed by atoms with Gasteiger partial charge in [-0.25, -0.2) is 0 Å². The molecule has 0 aliphatic heterocycles. The summed E-state index contributed by atoms with van der Waals surface area (Å²) >= 11 is 0. The fraction of sp³-hybridized carbons (Fsp3) is 0.481. The van der Waals surface area contributed by atoms with Crippen molar-refractivity contribution in [3.05, 3.63) is 65.2 Å². The third-order valence-corrected chi connectivity index (χ3v) is 6.30. The van der Waals surface area contributed by atoms with E-state index in [9.17, 15) is 9.59 Å². The van der Waals surface area contributed by atoms with Gasteiger partial charge in [0.1, 0.15) is 11.8 Å². The van der Waals surface area contributed by atoms with Crippen LogP contribution in [-0.2, 0) is 16.1 Å². The zero-order valence-electron chi connectivity index (χ0n) is 19.6. The molecule has 0 heterocycles. The summed E-state index contributed by atoms with van der Waals surface area (Å²) in [6, 6.07) is 15.7. The molecule has 1 saturated carbocycles. The molecule has 2 aromatic rings. The van der Waals surface area contributed by atoms with Crippen molar-refractivity contribution < 1.29 is 14.3 Å². The van der Waals surface area contributed by atoms with Gasteiger partial charge in [-0.3, -0.25) is 9.59 Å². The summed E-state index contributed by atoms with van der Waals surface area (Å²) in [4.78, 5) is 27.8. The van der Waals surface area contributed by atoms with Crippen LogP contribution in [0.25, 0.3) is 0 Å². The highest BCUT2D eigenvalue weighted by atomic mass is 16.5. The third kappa shape index (κ3) is 6.84. The number of hydrogen-bond acceptors (Lipinski definition) is 3. The zero-order chi connectivity index (χ0) is 22.9. The number of benzene rings is 2. The Bertz CT molecular complexity index is 888. The number of amides is 2. The molecule has 5 heteroatoms. The first-order chi connectivity index (χ1) is 15.4. The molecule has 1 atom stereocenters. The summed E-state index contributed by atoms with van der Waals surface area (Å²) in [5, 5.41) is 3.15. The topological polar surface area (TPSA) is 58.6 Å². The van der Waals surface area contributed by atoms with Gasteiger partial charge in [-0.1, -0.05) is 54.8 Å². The fourth-order valence-electron chi connectivity index (χ4n) is 4.14. The highest BCUT2D eigenvalue weighted by Crippen LogP contribution is 2.19. The van der Waals surface area contributed by atoms with Crippen molar-refractivity contribution in [2.24, 2.45) is 0 Å². The van der Waals surface area contributed by atoms with E-state index in [0.29, 0.717) is 26.0 Å². The molecule has 172 valence electrons. The lowest BCUT2D eigenvalue weighted by molar-refractivity contribution is -0.141. The Morgan fingerprint density at radius 1 is 1.06 bits per heavy atom. The smallest absolute Gasteiger partial charge is 0.242 e. The first kappa shape index (κ1) is 23.8. The minimum atomic E-state index is -0.513. The lowest BCUT2D eigenvalue weighted by atomic mass is 10.1. The molecule has 0 bridgehead atoms. The SMILES string of the molecule is Cc1ccc(OCCCC(=O)N(Cc2ccccc2C)[C@@H](C)C(=O)NC2CCCC2)cc1. The molecule has 0 aromatic heterocycles. The molecule has 0 saturated heterocycles. The van der Waals surface area contributed by atoms with Crippen molar-refractivity contribution in [1.29, 1.82) is 0 Å². The van der Waals surface area contributed by atoms with E-state index >= 15 is 0 Å². The number of hydrogen-bond donors (Lipinski definition) is 1. The number of rotatable bonds is 10. The monoisotopic (exact) mass is 436 g/mol. The predicted molar refractivity (Wildman–Crippen MR) is 127 cm³/mol. The van der Waals surface area contributed by atoms with Gasteiger partial charge >= 0.3 is 0 Å². The van der Waals surface area contributed by atoms with E-state index in [1.807, 2.05) is 69.3 Å². The van der Waals surface area contributed by atoms with E-state index in [-0.39, 0.29) is 17.9 Å². The molecule has 32 heavy (non-hydrogen) atoms. The molecule has 1 fully saturated rings. The van der Waals surface area contributed by atoms with Crippen LogP contribution in [0.4, 0.5) is 0 Å². The van der Waals surface area contributed by atoms with Crippen LogP contribution in [-0.4, -0.2) is 35.4 Å². The van der Waals surface area contributed by atoms with Crippen molar-refractivity contribution in [3.63, 3.8) is 0 Å². The van der Waals surface area contributed by atoms with Gasteiger partial charge in [0.15, 0.2) is 0 Å². The summed E-state index contributed by atoms with van der Waals surface area (Å²) in [5.41, 5.74) is 3.37. The summed E-state index contributed by atoms with van der Waals surface area (Å²) in [6.45, 7) is 6.81. The maximum absolute atomic E-state index is 13.2. The molecule has 0 unspecified atom stereocenters.